The van der Waals surface area contributed by atoms with E-state index < -0.39 is 21.6 Å². The van der Waals surface area contributed by atoms with E-state index in [1.54, 1.807) is 12.3 Å². The molecule has 0 N–H and O–H groups in total. The predicted octanol–water partition coefficient (Wildman–Crippen LogP) is 1.98. The first-order valence-corrected chi connectivity index (χ1v) is 6.84. The quantitative estimate of drug-likeness (QED) is 0.746. The summed E-state index contributed by atoms with van der Waals surface area (Å²) in [5.41, 5.74) is 0. The predicted molar refractivity (Wildman–Crippen MR) is 52.9 cm³/mol. The molecule has 83 valence electrons. The van der Waals surface area contributed by atoms with Crippen molar-refractivity contribution in [2.45, 2.75) is 19.3 Å². The maximum Gasteiger partial charge on any atom is 0.422 e. The normalized spacial score (nSPS) is 11.9. The summed E-state index contributed by atoms with van der Waals surface area (Å²) in [6.07, 6.45) is -2.75. The number of pyridine rings is 1. The lowest BCUT2D eigenvalue weighted by molar-refractivity contribution is -0.154. The van der Waals surface area contributed by atoms with Crippen LogP contribution in [0.15, 0.2) is 18.3 Å². The first-order chi connectivity index (χ1) is 6.88. The van der Waals surface area contributed by atoms with Crippen molar-refractivity contribution in [3.63, 3.8) is 0 Å². The fourth-order valence-corrected chi connectivity index (χ4v) is 1.66. The van der Waals surface area contributed by atoms with E-state index in [0.29, 0.717) is 0 Å². The monoisotopic (exact) mass is 234 g/mol. The number of aromatic nitrogens is 1. The third-order valence-corrected chi connectivity index (χ3v) is 3.15. The highest BCUT2D eigenvalue weighted by Gasteiger charge is 2.28. The Hall–Kier alpha value is -1.04. The van der Waals surface area contributed by atoms with Crippen molar-refractivity contribution >= 4 is 14.0 Å². The summed E-state index contributed by atoms with van der Waals surface area (Å²) in [4.78, 5) is 3.81. The highest BCUT2D eigenvalue weighted by molar-refractivity contribution is 6.70. The fourth-order valence-electron chi connectivity index (χ4n) is 0.917. The Bertz CT molecular complexity index is 310. The summed E-state index contributed by atoms with van der Waals surface area (Å²) >= 11 is 0. The van der Waals surface area contributed by atoms with E-state index in [2.05, 4.69) is 22.8 Å². The highest BCUT2D eigenvalue weighted by atomic mass is 28.3. The number of hydrogen-bond acceptors (Lipinski definition) is 2. The molecule has 0 amide bonds. The molecule has 1 aromatic rings. The van der Waals surface area contributed by atoms with Gasteiger partial charge in [-0.15, -0.1) is 0 Å². The third kappa shape index (κ3) is 4.33. The Kier molecular flexibility index (Phi) is 3.73. The maximum atomic E-state index is 11.8. The standard InChI is InChI=1S/C9H11F3NOSi/c1-15(2)7-3-4-8(13-5-7)14-6-9(10,11)12/h3-5H,6H2,1-2H3. The van der Waals surface area contributed by atoms with Crippen LogP contribution in [0, 0.1) is 0 Å². The minimum atomic E-state index is -4.31. The van der Waals surface area contributed by atoms with Gasteiger partial charge in [-0.3, -0.25) is 0 Å². The van der Waals surface area contributed by atoms with Crippen molar-refractivity contribution in [1.29, 1.82) is 0 Å². The van der Waals surface area contributed by atoms with Crippen molar-refractivity contribution in [2.24, 2.45) is 0 Å². The van der Waals surface area contributed by atoms with Crippen LogP contribution < -0.4 is 9.92 Å². The van der Waals surface area contributed by atoms with Crippen LogP contribution >= 0.6 is 0 Å². The minimum Gasteiger partial charge on any atom is -0.468 e. The SMILES string of the molecule is C[Si](C)c1ccc(OCC(F)(F)F)nc1. The number of hydrogen-bond donors (Lipinski definition) is 0. The van der Waals surface area contributed by atoms with Gasteiger partial charge in [0.25, 0.3) is 0 Å². The van der Waals surface area contributed by atoms with Gasteiger partial charge < -0.3 is 4.74 Å². The van der Waals surface area contributed by atoms with Crippen molar-refractivity contribution in [1.82, 2.24) is 4.98 Å². The van der Waals surface area contributed by atoms with E-state index >= 15 is 0 Å². The van der Waals surface area contributed by atoms with Crippen LogP contribution in [0.5, 0.6) is 5.88 Å². The van der Waals surface area contributed by atoms with Gasteiger partial charge in [0.05, 0.1) is 8.80 Å². The zero-order valence-corrected chi connectivity index (χ0v) is 9.43. The second-order valence-electron chi connectivity index (χ2n) is 3.29. The molecular formula is C9H11F3NOSi. The van der Waals surface area contributed by atoms with Crippen molar-refractivity contribution < 1.29 is 17.9 Å². The number of halogens is 3. The molecule has 0 aromatic carbocycles. The van der Waals surface area contributed by atoms with E-state index in [4.69, 9.17) is 0 Å². The van der Waals surface area contributed by atoms with Crippen molar-refractivity contribution in [2.75, 3.05) is 6.61 Å². The molecule has 0 unspecified atom stereocenters. The average Bonchev–Trinajstić information content (AvgIpc) is 2.14. The molecule has 1 rings (SSSR count). The molecule has 2 nitrogen and oxygen atoms in total. The van der Waals surface area contributed by atoms with Crippen LogP contribution in [0.1, 0.15) is 0 Å². The van der Waals surface area contributed by atoms with Crippen LogP contribution in [0.4, 0.5) is 13.2 Å². The summed E-state index contributed by atoms with van der Waals surface area (Å²) < 4.78 is 39.9. The topological polar surface area (TPSA) is 22.1 Å². The zero-order valence-electron chi connectivity index (χ0n) is 8.43. The summed E-state index contributed by atoms with van der Waals surface area (Å²) in [5.74, 6) is 0.0133. The largest absolute Gasteiger partial charge is 0.468 e. The minimum absolute atomic E-state index is 0.0133. The smallest absolute Gasteiger partial charge is 0.422 e. The molecule has 0 fully saturated rings. The van der Waals surface area contributed by atoms with E-state index in [0.717, 1.165) is 5.19 Å². The molecule has 0 aliphatic carbocycles. The Morgan fingerprint density at radius 3 is 2.40 bits per heavy atom. The maximum absolute atomic E-state index is 11.8. The first kappa shape index (κ1) is 12.0. The molecular weight excluding hydrogens is 223 g/mol. The van der Waals surface area contributed by atoms with Gasteiger partial charge >= 0.3 is 6.18 Å². The van der Waals surface area contributed by atoms with Gasteiger partial charge in [-0.1, -0.05) is 19.2 Å². The molecule has 1 heterocycles. The molecule has 0 bridgehead atoms. The molecule has 0 aliphatic heterocycles. The molecule has 1 aromatic heterocycles. The second-order valence-corrected chi connectivity index (χ2v) is 5.87. The van der Waals surface area contributed by atoms with Gasteiger partial charge in [-0.05, 0) is 5.19 Å². The van der Waals surface area contributed by atoms with Crippen molar-refractivity contribution in [3.8, 4) is 5.88 Å². The van der Waals surface area contributed by atoms with E-state index in [1.165, 1.54) is 6.07 Å². The summed E-state index contributed by atoms with van der Waals surface area (Å²) in [6.45, 7) is 2.87. The van der Waals surface area contributed by atoms with Gasteiger partial charge in [0.2, 0.25) is 5.88 Å². The molecule has 0 aliphatic rings. The summed E-state index contributed by atoms with van der Waals surface area (Å²) in [7, 11) is -0.612. The number of nitrogens with zero attached hydrogens (tertiary/aromatic N) is 1. The lowest BCUT2D eigenvalue weighted by atomic mass is 10.5. The fraction of sp³-hybridized carbons (Fsp3) is 0.444. The Morgan fingerprint density at radius 2 is 2.00 bits per heavy atom. The van der Waals surface area contributed by atoms with Crippen LogP contribution in [-0.4, -0.2) is 26.6 Å². The zero-order chi connectivity index (χ0) is 11.5. The molecule has 0 saturated carbocycles. The first-order valence-electron chi connectivity index (χ1n) is 4.34. The number of rotatable bonds is 3. The molecule has 15 heavy (non-hydrogen) atoms. The second kappa shape index (κ2) is 4.65. The van der Waals surface area contributed by atoms with Crippen molar-refractivity contribution in [3.05, 3.63) is 18.3 Å². The van der Waals surface area contributed by atoms with E-state index in [1.807, 2.05) is 0 Å². The molecule has 1 radical (unpaired) electrons. The number of alkyl halides is 3. The lowest BCUT2D eigenvalue weighted by Crippen LogP contribution is -2.23. The van der Waals surface area contributed by atoms with Gasteiger partial charge in [-0.25, -0.2) is 4.98 Å². The summed E-state index contributed by atoms with van der Waals surface area (Å²) in [6, 6.07) is 3.23. The molecule has 6 heteroatoms. The van der Waals surface area contributed by atoms with Crippen LogP contribution in [-0.2, 0) is 0 Å². The van der Waals surface area contributed by atoms with Gasteiger partial charge in [-0.2, -0.15) is 13.2 Å². The average molecular weight is 234 g/mol. The molecule has 0 atom stereocenters. The van der Waals surface area contributed by atoms with Crippen LogP contribution in [0.2, 0.25) is 13.1 Å². The Balaban J connectivity index is 2.57. The Labute approximate surface area is 87.7 Å². The van der Waals surface area contributed by atoms with Crippen LogP contribution in [0.3, 0.4) is 0 Å². The number of ether oxygens (including phenoxy) is 1. The van der Waals surface area contributed by atoms with Crippen LogP contribution in [0.25, 0.3) is 0 Å². The lowest BCUT2D eigenvalue weighted by Gasteiger charge is -2.09. The van der Waals surface area contributed by atoms with Gasteiger partial charge in [0.1, 0.15) is 0 Å². The Morgan fingerprint density at radius 1 is 1.33 bits per heavy atom. The van der Waals surface area contributed by atoms with Gasteiger partial charge in [0.15, 0.2) is 6.61 Å². The van der Waals surface area contributed by atoms with E-state index in [-0.39, 0.29) is 5.88 Å². The third-order valence-electron chi connectivity index (χ3n) is 1.70. The van der Waals surface area contributed by atoms with Gasteiger partial charge in [0, 0.05) is 12.3 Å². The summed E-state index contributed by atoms with van der Waals surface area (Å²) in [5, 5.41) is 1.07. The highest BCUT2D eigenvalue weighted by Crippen LogP contribution is 2.16. The van der Waals surface area contributed by atoms with E-state index in [9.17, 15) is 13.2 Å². The molecule has 0 spiro atoms. The molecule has 0 saturated heterocycles.